The molecule has 0 saturated heterocycles. The first-order valence-electron chi connectivity index (χ1n) is 13.1. The van der Waals surface area contributed by atoms with Crippen molar-refractivity contribution in [1.82, 2.24) is 4.57 Å². The lowest BCUT2D eigenvalue weighted by molar-refractivity contribution is -0.384. The first-order chi connectivity index (χ1) is 20.3. The number of esters is 1. The van der Waals surface area contributed by atoms with E-state index in [1.165, 1.54) is 28.0 Å². The molecule has 10 nitrogen and oxygen atoms in total. The molecule has 3 aromatic carbocycles. The molecule has 11 heteroatoms. The van der Waals surface area contributed by atoms with Crippen molar-refractivity contribution >= 4 is 29.1 Å². The maximum Gasteiger partial charge on any atom is 0.338 e. The highest BCUT2D eigenvalue weighted by Crippen LogP contribution is 2.31. The zero-order valence-corrected chi connectivity index (χ0v) is 23.9. The van der Waals surface area contributed by atoms with E-state index in [0.29, 0.717) is 32.1 Å². The predicted molar refractivity (Wildman–Crippen MR) is 157 cm³/mol. The van der Waals surface area contributed by atoms with Crippen LogP contribution in [0.1, 0.15) is 36.6 Å². The van der Waals surface area contributed by atoms with Crippen molar-refractivity contribution in [1.29, 1.82) is 0 Å². The third kappa shape index (κ3) is 5.86. The van der Waals surface area contributed by atoms with Gasteiger partial charge in [0.05, 0.1) is 40.5 Å². The van der Waals surface area contributed by atoms with E-state index in [2.05, 4.69) is 4.99 Å². The average molecular weight is 586 g/mol. The summed E-state index contributed by atoms with van der Waals surface area (Å²) in [5.74, 6) is 0.707. The largest absolute Gasteiger partial charge is 0.497 e. The Morgan fingerprint density at radius 2 is 1.83 bits per heavy atom. The fourth-order valence-electron chi connectivity index (χ4n) is 4.62. The molecular formula is C31H27N3O7S. The summed E-state index contributed by atoms with van der Waals surface area (Å²) in [5, 5.41) is 10.9. The molecule has 1 aromatic heterocycles. The number of aromatic nitrogens is 1. The highest BCUT2D eigenvalue weighted by molar-refractivity contribution is 7.07. The number of hydrogen-bond acceptors (Lipinski definition) is 9. The van der Waals surface area contributed by atoms with Gasteiger partial charge in [0.1, 0.15) is 18.1 Å². The second-order valence-corrected chi connectivity index (χ2v) is 10.4. The number of methoxy groups -OCH3 is 1. The molecule has 1 aliphatic heterocycles. The molecule has 2 heterocycles. The maximum atomic E-state index is 13.8. The van der Waals surface area contributed by atoms with Crippen LogP contribution in [0.25, 0.3) is 6.08 Å². The van der Waals surface area contributed by atoms with Gasteiger partial charge in [-0.1, -0.05) is 35.6 Å². The number of carbonyl (C=O) groups excluding carboxylic acids is 1. The van der Waals surface area contributed by atoms with Crippen LogP contribution in [0.4, 0.5) is 5.69 Å². The third-order valence-electron chi connectivity index (χ3n) is 6.66. The van der Waals surface area contributed by atoms with Crippen LogP contribution in [0.15, 0.2) is 93.9 Å². The molecule has 0 fully saturated rings. The lowest BCUT2D eigenvalue weighted by atomic mass is 9.96. The molecule has 0 amide bonds. The Morgan fingerprint density at radius 3 is 2.50 bits per heavy atom. The number of nitrogens with zero attached hydrogens (tertiary/aromatic N) is 3. The molecule has 0 N–H and O–H groups in total. The van der Waals surface area contributed by atoms with Crippen LogP contribution in [-0.2, 0) is 16.1 Å². The molecule has 1 atom stereocenters. The molecule has 42 heavy (non-hydrogen) atoms. The van der Waals surface area contributed by atoms with E-state index in [0.717, 1.165) is 16.7 Å². The van der Waals surface area contributed by atoms with Crippen molar-refractivity contribution in [2.24, 2.45) is 4.99 Å². The number of thiazole rings is 1. The fourth-order valence-corrected chi connectivity index (χ4v) is 5.67. The molecule has 0 radical (unpaired) electrons. The van der Waals surface area contributed by atoms with Gasteiger partial charge in [0.2, 0.25) is 0 Å². The third-order valence-corrected chi connectivity index (χ3v) is 7.64. The van der Waals surface area contributed by atoms with Crippen molar-refractivity contribution in [3.05, 3.63) is 131 Å². The summed E-state index contributed by atoms with van der Waals surface area (Å²) in [6.45, 7) is 3.89. The topological polar surface area (TPSA) is 122 Å². The van der Waals surface area contributed by atoms with E-state index < -0.39 is 16.9 Å². The van der Waals surface area contributed by atoms with E-state index in [1.54, 1.807) is 63.4 Å². The zero-order chi connectivity index (χ0) is 29.8. The van der Waals surface area contributed by atoms with Gasteiger partial charge in [0.25, 0.3) is 11.2 Å². The van der Waals surface area contributed by atoms with Crippen molar-refractivity contribution in [2.45, 2.75) is 26.5 Å². The second kappa shape index (κ2) is 12.2. The number of benzene rings is 3. The molecule has 0 aliphatic carbocycles. The molecule has 214 valence electrons. The number of allylic oxidation sites excluding steroid dienone is 1. The van der Waals surface area contributed by atoms with E-state index >= 15 is 0 Å². The molecular weight excluding hydrogens is 558 g/mol. The van der Waals surface area contributed by atoms with Crippen LogP contribution >= 0.6 is 11.3 Å². The number of rotatable bonds is 9. The minimum Gasteiger partial charge on any atom is -0.497 e. The van der Waals surface area contributed by atoms with Crippen molar-refractivity contribution in [3.8, 4) is 11.5 Å². The maximum absolute atomic E-state index is 13.8. The lowest BCUT2D eigenvalue weighted by Gasteiger charge is -2.24. The van der Waals surface area contributed by atoms with Gasteiger partial charge < -0.3 is 14.2 Å². The summed E-state index contributed by atoms with van der Waals surface area (Å²) >= 11 is 1.23. The van der Waals surface area contributed by atoms with Gasteiger partial charge in [-0.2, -0.15) is 0 Å². The number of non-ortho nitro benzene ring substituents is 1. The fraction of sp³-hybridized carbons (Fsp3) is 0.194. The van der Waals surface area contributed by atoms with E-state index in [4.69, 9.17) is 14.2 Å². The lowest BCUT2D eigenvalue weighted by Crippen LogP contribution is -2.39. The van der Waals surface area contributed by atoms with Gasteiger partial charge in [0.15, 0.2) is 4.80 Å². The minimum atomic E-state index is -0.718. The van der Waals surface area contributed by atoms with Crippen LogP contribution in [0, 0.1) is 10.1 Å². The van der Waals surface area contributed by atoms with Crippen LogP contribution in [-0.4, -0.2) is 29.2 Å². The van der Waals surface area contributed by atoms with Crippen LogP contribution in [0.5, 0.6) is 11.5 Å². The van der Waals surface area contributed by atoms with E-state index in [-0.39, 0.29) is 24.5 Å². The van der Waals surface area contributed by atoms with Crippen LogP contribution < -0.4 is 24.4 Å². The molecule has 0 unspecified atom stereocenters. The van der Waals surface area contributed by atoms with Gasteiger partial charge >= 0.3 is 5.97 Å². The Labute approximate surface area is 244 Å². The van der Waals surface area contributed by atoms with Crippen molar-refractivity contribution < 1.29 is 23.9 Å². The van der Waals surface area contributed by atoms with E-state index in [1.807, 2.05) is 24.3 Å². The summed E-state index contributed by atoms with van der Waals surface area (Å²) in [4.78, 5) is 42.4. The predicted octanol–water partition coefficient (Wildman–Crippen LogP) is 4.29. The van der Waals surface area contributed by atoms with Gasteiger partial charge in [-0.25, -0.2) is 9.79 Å². The van der Waals surface area contributed by atoms with Gasteiger partial charge in [-0.3, -0.25) is 19.5 Å². The Bertz CT molecular complexity index is 1860. The molecule has 5 rings (SSSR count). The van der Waals surface area contributed by atoms with Gasteiger partial charge in [-0.05, 0) is 73.0 Å². The zero-order valence-electron chi connectivity index (χ0n) is 23.1. The monoisotopic (exact) mass is 585 g/mol. The van der Waals surface area contributed by atoms with Crippen molar-refractivity contribution in [2.75, 3.05) is 13.7 Å². The Kier molecular flexibility index (Phi) is 8.30. The molecule has 0 bridgehead atoms. The number of carbonyl (C=O) groups is 1. The first-order valence-corrected chi connectivity index (χ1v) is 13.9. The molecule has 0 spiro atoms. The van der Waals surface area contributed by atoms with E-state index in [9.17, 15) is 19.7 Å². The van der Waals surface area contributed by atoms with Gasteiger partial charge in [0, 0.05) is 12.1 Å². The highest BCUT2D eigenvalue weighted by Gasteiger charge is 2.33. The number of ether oxygens (including phenoxy) is 3. The Morgan fingerprint density at radius 1 is 1.10 bits per heavy atom. The van der Waals surface area contributed by atoms with Crippen molar-refractivity contribution in [3.63, 3.8) is 0 Å². The molecule has 4 aromatic rings. The van der Waals surface area contributed by atoms with Crippen LogP contribution in [0.2, 0.25) is 0 Å². The summed E-state index contributed by atoms with van der Waals surface area (Å²) in [6, 6.07) is 19.9. The highest BCUT2D eigenvalue weighted by atomic mass is 32.1. The first kappa shape index (κ1) is 28.5. The smallest absolute Gasteiger partial charge is 0.338 e. The van der Waals surface area contributed by atoms with Crippen LogP contribution in [0.3, 0.4) is 0 Å². The average Bonchev–Trinajstić information content (AvgIpc) is 3.29. The number of hydrogen-bond donors (Lipinski definition) is 0. The minimum absolute atomic E-state index is 0.0148. The molecule has 1 aliphatic rings. The number of nitro groups is 1. The quantitative estimate of drug-likeness (QED) is 0.163. The number of nitro benzene ring substituents is 1. The SMILES string of the molecule is CCOC(=O)C1=C(C)N=c2s/c(=C\c3cccc(OCc4ccc([N+](=O)[O-])cc4)c3)c(=O)n2[C@H]1c1ccc(OC)cc1. The second-order valence-electron chi connectivity index (χ2n) is 9.36. The Balaban J connectivity index is 1.50. The van der Waals surface area contributed by atoms with Gasteiger partial charge in [-0.15, -0.1) is 0 Å². The molecule has 0 saturated carbocycles. The standard InChI is InChI=1S/C31H27N3O7S/c1-4-40-30(36)27-19(2)32-31-33(28(27)22-10-14-24(39-3)15-11-22)29(35)26(42-31)17-21-6-5-7-25(16-21)41-18-20-8-12-23(13-9-20)34(37)38/h5-17,28H,4,18H2,1-3H3/b26-17-/t28-/m0/s1. The Hall–Kier alpha value is -5.03. The summed E-state index contributed by atoms with van der Waals surface area (Å²) in [7, 11) is 1.57. The number of fused-ring (bicyclic) bond motifs is 1. The summed E-state index contributed by atoms with van der Waals surface area (Å²) in [6.07, 6.45) is 1.76. The summed E-state index contributed by atoms with van der Waals surface area (Å²) in [5.41, 5.74) is 2.77. The normalized spacial score (nSPS) is 14.6. The summed E-state index contributed by atoms with van der Waals surface area (Å²) < 4.78 is 18.5.